The van der Waals surface area contributed by atoms with Gasteiger partial charge in [-0.2, -0.15) is 0 Å². The van der Waals surface area contributed by atoms with Crippen molar-refractivity contribution in [3.05, 3.63) is 35.2 Å². The van der Waals surface area contributed by atoms with Crippen molar-refractivity contribution in [1.29, 1.82) is 0 Å². The summed E-state index contributed by atoms with van der Waals surface area (Å²) < 4.78 is 7.15. The predicted octanol–water partition coefficient (Wildman–Crippen LogP) is 2.26. The number of amides is 1. The standard InChI is InChI=1S/C15H20N4O2/c1-4-11-8-12(17-21-11)15(20)19-7-5-6-13(19)14-16-10(2)9-18(14)3/h8-9,13H,4-7H2,1-3H3/t13-/m0/s1. The minimum atomic E-state index is -0.0680. The van der Waals surface area contributed by atoms with E-state index in [1.165, 1.54) is 0 Å². The Hall–Kier alpha value is -2.11. The number of aromatic nitrogens is 3. The Balaban J connectivity index is 1.86. The number of likely N-dealkylation sites (tertiary alicyclic amines) is 1. The molecule has 2 aromatic heterocycles. The van der Waals surface area contributed by atoms with Crippen molar-refractivity contribution in [2.75, 3.05) is 6.54 Å². The fraction of sp³-hybridized carbons (Fsp3) is 0.533. The van der Waals surface area contributed by atoms with Crippen LogP contribution < -0.4 is 0 Å². The van der Waals surface area contributed by atoms with E-state index in [4.69, 9.17) is 4.52 Å². The molecular weight excluding hydrogens is 268 g/mol. The SMILES string of the molecule is CCc1cc(C(=O)N2CCC[C@H]2c2nc(C)cn2C)no1. The highest BCUT2D eigenvalue weighted by molar-refractivity contribution is 5.92. The molecule has 1 atom stereocenters. The lowest BCUT2D eigenvalue weighted by Crippen LogP contribution is -2.32. The molecule has 1 aliphatic heterocycles. The van der Waals surface area contributed by atoms with Gasteiger partial charge in [0.25, 0.3) is 5.91 Å². The molecule has 0 saturated carbocycles. The second-order valence-corrected chi connectivity index (χ2v) is 5.54. The van der Waals surface area contributed by atoms with E-state index in [-0.39, 0.29) is 11.9 Å². The summed E-state index contributed by atoms with van der Waals surface area (Å²) in [5.41, 5.74) is 1.37. The first-order chi connectivity index (χ1) is 10.1. The van der Waals surface area contributed by atoms with E-state index in [9.17, 15) is 4.79 Å². The molecule has 1 fully saturated rings. The molecule has 6 heteroatoms. The first kappa shape index (κ1) is 13.9. The number of carbonyl (C=O) groups excluding carboxylic acids is 1. The summed E-state index contributed by atoms with van der Waals surface area (Å²) in [6, 6.07) is 1.76. The Kier molecular flexibility index (Phi) is 3.53. The highest BCUT2D eigenvalue weighted by Crippen LogP contribution is 2.32. The van der Waals surface area contributed by atoms with Crippen LogP contribution in [0.2, 0.25) is 0 Å². The van der Waals surface area contributed by atoms with Gasteiger partial charge in [0.2, 0.25) is 0 Å². The van der Waals surface area contributed by atoms with Gasteiger partial charge in [0.1, 0.15) is 11.6 Å². The molecule has 21 heavy (non-hydrogen) atoms. The minimum Gasteiger partial charge on any atom is -0.361 e. The zero-order valence-corrected chi connectivity index (χ0v) is 12.7. The molecule has 2 aromatic rings. The first-order valence-corrected chi connectivity index (χ1v) is 7.36. The molecule has 0 unspecified atom stereocenters. The van der Waals surface area contributed by atoms with Gasteiger partial charge >= 0.3 is 0 Å². The van der Waals surface area contributed by atoms with Gasteiger partial charge in [-0.05, 0) is 19.8 Å². The number of imidazole rings is 1. The number of nitrogens with zero attached hydrogens (tertiary/aromatic N) is 4. The van der Waals surface area contributed by atoms with E-state index < -0.39 is 0 Å². The summed E-state index contributed by atoms with van der Waals surface area (Å²) in [7, 11) is 1.97. The number of rotatable bonds is 3. The molecule has 0 aromatic carbocycles. The quantitative estimate of drug-likeness (QED) is 0.869. The molecule has 1 amide bonds. The maximum atomic E-state index is 12.6. The fourth-order valence-corrected chi connectivity index (χ4v) is 2.95. The second kappa shape index (κ2) is 5.35. The molecule has 3 heterocycles. The van der Waals surface area contributed by atoms with Gasteiger partial charge in [-0.3, -0.25) is 4.79 Å². The van der Waals surface area contributed by atoms with E-state index in [1.807, 2.05) is 36.6 Å². The van der Waals surface area contributed by atoms with Crippen LogP contribution in [0.25, 0.3) is 0 Å². The lowest BCUT2D eigenvalue weighted by Gasteiger charge is -2.23. The Morgan fingerprint density at radius 3 is 2.95 bits per heavy atom. The molecule has 0 bridgehead atoms. The van der Waals surface area contributed by atoms with E-state index >= 15 is 0 Å². The lowest BCUT2D eigenvalue weighted by atomic mass is 10.2. The Morgan fingerprint density at radius 2 is 2.33 bits per heavy atom. The zero-order chi connectivity index (χ0) is 15.0. The van der Waals surface area contributed by atoms with Crippen LogP contribution in [-0.2, 0) is 13.5 Å². The summed E-state index contributed by atoms with van der Waals surface area (Å²) in [5, 5.41) is 3.89. The molecule has 1 aliphatic rings. The molecule has 6 nitrogen and oxygen atoms in total. The van der Waals surface area contributed by atoms with Gasteiger partial charge in [0.05, 0.1) is 11.7 Å². The van der Waals surface area contributed by atoms with Crippen molar-refractivity contribution in [1.82, 2.24) is 19.6 Å². The number of carbonyl (C=O) groups is 1. The number of aryl methyl sites for hydroxylation is 3. The normalized spacial score (nSPS) is 18.4. The third-order valence-corrected chi connectivity index (χ3v) is 3.97. The maximum Gasteiger partial charge on any atom is 0.276 e. The molecule has 0 radical (unpaired) electrons. The summed E-state index contributed by atoms with van der Waals surface area (Å²) >= 11 is 0. The number of hydrogen-bond donors (Lipinski definition) is 0. The van der Waals surface area contributed by atoms with Crippen molar-refractivity contribution in [2.24, 2.45) is 7.05 Å². The van der Waals surface area contributed by atoms with Gasteiger partial charge in [-0.1, -0.05) is 12.1 Å². The van der Waals surface area contributed by atoms with E-state index in [1.54, 1.807) is 6.07 Å². The monoisotopic (exact) mass is 288 g/mol. The molecule has 0 N–H and O–H groups in total. The average molecular weight is 288 g/mol. The van der Waals surface area contributed by atoms with E-state index in [2.05, 4.69) is 10.1 Å². The molecular formula is C15H20N4O2. The van der Waals surface area contributed by atoms with Crippen molar-refractivity contribution < 1.29 is 9.32 Å². The molecule has 0 aliphatic carbocycles. The van der Waals surface area contributed by atoms with Crippen LogP contribution >= 0.6 is 0 Å². The van der Waals surface area contributed by atoms with Gasteiger partial charge in [0.15, 0.2) is 5.69 Å². The molecule has 1 saturated heterocycles. The Bertz CT molecular complexity index is 658. The van der Waals surface area contributed by atoms with E-state index in [0.29, 0.717) is 5.69 Å². The van der Waals surface area contributed by atoms with Gasteiger partial charge in [0, 0.05) is 32.3 Å². The third-order valence-electron chi connectivity index (χ3n) is 3.97. The van der Waals surface area contributed by atoms with Crippen LogP contribution in [-0.4, -0.2) is 32.1 Å². The summed E-state index contributed by atoms with van der Waals surface area (Å²) in [6.07, 6.45) is 4.65. The Morgan fingerprint density at radius 1 is 1.52 bits per heavy atom. The van der Waals surface area contributed by atoms with Gasteiger partial charge in [-0.25, -0.2) is 4.98 Å². The lowest BCUT2D eigenvalue weighted by molar-refractivity contribution is 0.0717. The van der Waals surface area contributed by atoms with Crippen molar-refractivity contribution in [3.8, 4) is 0 Å². The van der Waals surface area contributed by atoms with Crippen LogP contribution in [0.4, 0.5) is 0 Å². The molecule has 3 rings (SSSR count). The third kappa shape index (κ3) is 2.46. The fourth-order valence-electron chi connectivity index (χ4n) is 2.95. The van der Waals surface area contributed by atoms with Crippen molar-refractivity contribution >= 4 is 5.91 Å². The zero-order valence-electron chi connectivity index (χ0n) is 12.7. The van der Waals surface area contributed by atoms with Crippen molar-refractivity contribution in [3.63, 3.8) is 0 Å². The van der Waals surface area contributed by atoms with Crippen molar-refractivity contribution in [2.45, 2.75) is 39.2 Å². The minimum absolute atomic E-state index is 0.0259. The highest BCUT2D eigenvalue weighted by Gasteiger charge is 2.34. The van der Waals surface area contributed by atoms with Crippen LogP contribution in [0.1, 0.15) is 53.6 Å². The largest absolute Gasteiger partial charge is 0.361 e. The first-order valence-electron chi connectivity index (χ1n) is 7.36. The summed E-state index contributed by atoms with van der Waals surface area (Å²) in [6.45, 7) is 4.68. The van der Waals surface area contributed by atoms with Gasteiger partial charge in [-0.15, -0.1) is 0 Å². The highest BCUT2D eigenvalue weighted by atomic mass is 16.5. The van der Waals surface area contributed by atoms with E-state index in [0.717, 1.165) is 43.1 Å². The second-order valence-electron chi connectivity index (χ2n) is 5.54. The smallest absolute Gasteiger partial charge is 0.276 e. The van der Waals surface area contributed by atoms with Crippen LogP contribution in [0.5, 0.6) is 0 Å². The predicted molar refractivity (Wildman–Crippen MR) is 76.8 cm³/mol. The van der Waals surface area contributed by atoms with Gasteiger partial charge < -0.3 is 14.0 Å². The molecule has 112 valence electrons. The van der Waals surface area contributed by atoms with Crippen LogP contribution in [0.15, 0.2) is 16.8 Å². The number of hydrogen-bond acceptors (Lipinski definition) is 4. The molecule has 0 spiro atoms. The summed E-state index contributed by atoms with van der Waals surface area (Å²) in [5.74, 6) is 1.61. The maximum absolute atomic E-state index is 12.6. The topological polar surface area (TPSA) is 64.2 Å². The average Bonchev–Trinajstić information content (AvgIpc) is 3.16. The summed E-state index contributed by atoms with van der Waals surface area (Å²) in [4.78, 5) is 19.1. The van der Waals surface area contributed by atoms with Crippen LogP contribution in [0.3, 0.4) is 0 Å². The van der Waals surface area contributed by atoms with Crippen LogP contribution in [0, 0.1) is 6.92 Å². The Labute approximate surface area is 123 Å².